The first-order valence-corrected chi connectivity index (χ1v) is 5.43. The highest BCUT2D eigenvalue weighted by Gasteiger charge is 2.31. The fourth-order valence-corrected chi connectivity index (χ4v) is 2.37. The molecule has 1 fully saturated rings. The quantitative estimate of drug-likeness (QED) is 0.721. The van der Waals surface area contributed by atoms with Crippen LogP contribution in [-0.4, -0.2) is 22.4 Å². The van der Waals surface area contributed by atoms with E-state index in [0.717, 1.165) is 24.5 Å². The molecule has 0 spiro atoms. The van der Waals surface area contributed by atoms with E-state index in [4.69, 9.17) is 5.73 Å². The number of carbonyl (C=O) groups excluding carboxylic acids is 1. The van der Waals surface area contributed by atoms with Crippen molar-refractivity contribution in [3.05, 3.63) is 11.3 Å². The second kappa shape index (κ2) is 2.98. The van der Waals surface area contributed by atoms with Crippen LogP contribution < -0.4 is 11.1 Å². The SMILES string of the molecule is NC(=O)n1nc(C2CCC2)c2c1NCC2. The Bertz CT molecular complexity index is 419. The van der Waals surface area contributed by atoms with E-state index < -0.39 is 6.03 Å². The van der Waals surface area contributed by atoms with E-state index in [-0.39, 0.29) is 0 Å². The van der Waals surface area contributed by atoms with Gasteiger partial charge in [-0.15, -0.1) is 0 Å². The molecule has 0 unspecified atom stereocenters. The van der Waals surface area contributed by atoms with Gasteiger partial charge >= 0.3 is 6.03 Å². The molecule has 0 radical (unpaired) electrons. The van der Waals surface area contributed by atoms with Crippen molar-refractivity contribution in [1.82, 2.24) is 9.78 Å². The van der Waals surface area contributed by atoms with E-state index >= 15 is 0 Å². The van der Waals surface area contributed by atoms with Crippen LogP contribution in [-0.2, 0) is 6.42 Å². The minimum atomic E-state index is -0.494. The summed E-state index contributed by atoms with van der Waals surface area (Å²) < 4.78 is 1.32. The van der Waals surface area contributed by atoms with Crippen LogP contribution in [0.1, 0.15) is 36.4 Å². The maximum absolute atomic E-state index is 11.2. The normalized spacial score (nSPS) is 19.5. The molecular formula is C10H14N4O. The molecule has 1 aromatic heterocycles. The molecule has 1 amide bonds. The molecule has 0 bridgehead atoms. The van der Waals surface area contributed by atoms with E-state index in [1.54, 1.807) is 0 Å². The first-order chi connectivity index (χ1) is 7.27. The number of hydrogen-bond acceptors (Lipinski definition) is 3. The molecule has 3 N–H and O–H groups in total. The molecule has 2 aliphatic rings. The molecule has 5 nitrogen and oxygen atoms in total. The lowest BCUT2D eigenvalue weighted by atomic mass is 9.81. The lowest BCUT2D eigenvalue weighted by Gasteiger charge is -2.24. The number of fused-ring (bicyclic) bond motifs is 1. The van der Waals surface area contributed by atoms with Crippen molar-refractivity contribution in [2.75, 3.05) is 11.9 Å². The van der Waals surface area contributed by atoms with Crippen LogP contribution >= 0.6 is 0 Å². The second-order valence-electron chi connectivity index (χ2n) is 4.27. The van der Waals surface area contributed by atoms with Crippen molar-refractivity contribution in [1.29, 1.82) is 0 Å². The number of primary amides is 1. The molecule has 1 aliphatic heterocycles. The summed E-state index contributed by atoms with van der Waals surface area (Å²) in [6, 6.07) is -0.494. The summed E-state index contributed by atoms with van der Waals surface area (Å²) in [6.45, 7) is 0.889. The van der Waals surface area contributed by atoms with Crippen molar-refractivity contribution in [3.63, 3.8) is 0 Å². The van der Waals surface area contributed by atoms with E-state index in [1.165, 1.54) is 29.5 Å². The van der Waals surface area contributed by atoms with Crippen molar-refractivity contribution < 1.29 is 4.79 Å². The average molecular weight is 206 g/mol. The summed E-state index contributed by atoms with van der Waals surface area (Å²) in [7, 11) is 0. The highest BCUT2D eigenvalue weighted by Crippen LogP contribution is 2.40. The molecule has 15 heavy (non-hydrogen) atoms. The van der Waals surface area contributed by atoms with Gasteiger partial charge in [0.15, 0.2) is 0 Å². The van der Waals surface area contributed by atoms with Gasteiger partial charge in [0.1, 0.15) is 5.82 Å². The molecule has 1 aromatic rings. The smallest absolute Gasteiger partial charge is 0.341 e. The van der Waals surface area contributed by atoms with Gasteiger partial charge in [-0.05, 0) is 19.3 Å². The number of hydrogen-bond donors (Lipinski definition) is 2. The van der Waals surface area contributed by atoms with Crippen LogP contribution in [0.15, 0.2) is 0 Å². The predicted molar refractivity (Wildman–Crippen MR) is 56.0 cm³/mol. The van der Waals surface area contributed by atoms with Gasteiger partial charge in [-0.3, -0.25) is 0 Å². The standard InChI is InChI=1S/C10H14N4O/c11-10(15)14-9-7(4-5-12-9)8(13-14)6-2-1-3-6/h6,12H,1-5H2,(H2,11,15). The average Bonchev–Trinajstić information content (AvgIpc) is 2.63. The second-order valence-corrected chi connectivity index (χ2v) is 4.27. The molecular weight excluding hydrogens is 192 g/mol. The number of anilines is 1. The topological polar surface area (TPSA) is 72.9 Å². The Morgan fingerprint density at radius 2 is 2.33 bits per heavy atom. The largest absolute Gasteiger partial charge is 0.369 e. The lowest BCUT2D eigenvalue weighted by molar-refractivity contribution is 0.247. The van der Waals surface area contributed by atoms with Gasteiger partial charge in [-0.1, -0.05) is 6.42 Å². The van der Waals surface area contributed by atoms with Gasteiger partial charge in [0.05, 0.1) is 5.69 Å². The molecule has 0 saturated heterocycles. The number of aromatic nitrogens is 2. The van der Waals surface area contributed by atoms with Crippen LogP contribution in [0.2, 0.25) is 0 Å². The third-order valence-corrected chi connectivity index (χ3v) is 3.38. The number of carbonyl (C=O) groups is 1. The molecule has 1 saturated carbocycles. The van der Waals surface area contributed by atoms with E-state index in [1.807, 2.05) is 0 Å². The Kier molecular flexibility index (Phi) is 1.74. The van der Waals surface area contributed by atoms with Crippen LogP contribution in [0, 0.1) is 0 Å². The number of rotatable bonds is 1. The third-order valence-electron chi connectivity index (χ3n) is 3.38. The summed E-state index contributed by atoms with van der Waals surface area (Å²) in [5.74, 6) is 1.38. The van der Waals surface area contributed by atoms with Crippen molar-refractivity contribution in [2.24, 2.45) is 5.73 Å². The zero-order valence-corrected chi connectivity index (χ0v) is 8.49. The number of amides is 1. The molecule has 0 aromatic carbocycles. The summed E-state index contributed by atoms with van der Waals surface area (Å²) >= 11 is 0. The van der Waals surface area contributed by atoms with Gasteiger partial charge in [0.2, 0.25) is 0 Å². The minimum absolute atomic E-state index is 0.494. The molecule has 1 aliphatic carbocycles. The Hall–Kier alpha value is -1.52. The Labute approximate surface area is 87.6 Å². The Morgan fingerprint density at radius 3 is 2.93 bits per heavy atom. The summed E-state index contributed by atoms with van der Waals surface area (Å²) in [6.07, 6.45) is 4.63. The number of nitrogens with one attached hydrogen (secondary N) is 1. The third kappa shape index (κ3) is 1.15. The monoisotopic (exact) mass is 206 g/mol. The predicted octanol–water partition coefficient (Wildman–Crippen LogP) is 1.05. The first-order valence-electron chi connectivity index (χ1n) is 5.43. The van der Waals surface area contributed by atoms with E-state index in [9.17, 15) is 4.79 Å². The van der Waals surface area contributed by atoms with Gasteiger partial charge in [-0.25, -0.2) is 4.79 Å². The molecule has 80 valence electrons. The maximum Gasteiger partial charge on any atom is 0.341 e. The number of nitrogens with zero attached hydrogens (tertiary/aromatic N) is 2. The molecule has 5 heteroatoms. The van der Waals surface area contributed by atoms with Crippen molar-refractivity contribution in [2.45, 2.75) is 31.6 Å². The molecule has 0 atom stereocenters. The molecule has 3 rings (SSSR count). The van der Waals surface area contributed by atoms with Crippen molar-refractivity contribution >= 4 is 11.8 Å². The van der Waals surface area contributed by atoms with Crippen LogP contribution in [0.3, 0.4) is 0 Å². The highest BCUT2D eigenvalue weighted by atomic mass is 16.2. The van der Waals surface area contributed by atoms with Crippen molar-refractivity contribution in [3.8, 4) is 0 Å². The van der Waals surface area contributed by atoms with Gasteiger partial charge in [-0.2, -0.15) is 9.78 Å². The van der Waals surface area contributed by atoms with Gasteiger partial charge in [0, 0.05) is 18.0 Å². The minimum Gasteiger partial charge on any atom is -0.369 e. The highest BCUT2D eigenvalue weighted by molar-refractivity contribution is 5.79. The Balaban J connectivity index is 2.07. The summed E-state index contributed by atoms with van der Waals surface area (Å²) in [5.41, 5.74) is 7.59. The fourth-order valence-electron chi connectivity index (χ4n) is 2.37. The Morgan fingerprint density at radius 1 is 1.53 bits per heavy atom. The van der Waals surface area contributed by atoms with E-state index in [0.29, 0.717) is 5.92 Å². The summed E-state index contributed by atoms with van der Waals surface area (Å²) in [5, 5.41) is 7.51. The van der Waals surface area contributed by atoms with Gasteiger partial charge < -0.3 is 11.1 Å². The summed E-state index contributed by atoms with van der Waals surface area (Å²) in [4.78, 5) is 11.2. The fraction of sp³-hybridized carbons (Fsp3) is 0.600. The molecule has 2 heterocycles. The van der Waals surface area contributed by atoms with Gasteiger partial charge in [0.25, 0.3) is 0 Å². The lowest BCUT2D eigenvalue weighted by Crippen LogP contribution is -2.23. The zero-order chi connectivity index (χ0) is 10.4. The van der Waals surface area contributed by atoms with Crippen LogP contribution in [0.25, 0.3) is 0 Å². The van der Waals surface area contributed by atoms with Crippen LogP contribution in [0.5, 0.6) is 0 Å². The van der Waals surface area contributed by atoms with E-state index in [2.05, 4.69) is 10.4 Å². The van der Waals surface area contributed by atoms with Crippen LogP contribution in [0.4, 0.5) is 10.6 Å². The first kappa shape index (κ1) is 8.76. The maximum atomic E-state index is 11.2. The zero-order valence-electron chi connectivity index (χ0n) is 8.49. The number of nitrogens with two attached hydrogens (primary N) is 1.